The third-order valence-electron chi connectivity index (χ3n) is 13.7. The standard InChI is InChI=1S/C36H68O7Si3/c1-22-23(41-44(12,13)14)20-36(39)30(38)28-34(10)21-40-24(34)19-25(42-45(15,16)31(2,3)4)35(28,11)29(37)27(26(22)33(36,8)9)43-46(17,18)32(5,6)7/h23-25,27-28,30,38-39H,19-21H2,1-18H3/t23-,24+,25-,27+,28+,30-,34+,35+,36+/m0/s1. The van der Waals surface area contributed by atoms with Gasteiger partial charge in [0.25, 0.3) is 0 Å². The van der Waals surface area contributed by atoms with E-state index in [1.54, 1.807) is 0 Å². The minimum atomic E-state index is -2.54. The molecule has 1 saturated heterocycles. The molecular formula is C36H68O7Si3. The summed E-state index contributed by atoms with van der Waals surface area (Å²) in [6.45, 7) is 39.2. The van der Waals surface area contributed by atoms with Gasteiger partial charge in [0.05, 0.1) is 36.4 Å². The minimum absolute atomic E-state index is 0.0326. The molecule has 266 valence electrons. The highest BCUT2D eigenvalue weighted by Gasteiger charge is 2.75. The van der Waals surface area contributed by atoms with Gasteiger partial charge in [-0.15, -0.1) is 0 Å². The van der Waals surface area contributed by atoms with E-state index in [2.05, 4.69) is 101 Å². The molecule has 0 aromatic rings. The molecule has 1 heterocycles. The molecule has 10 heteroatoms. The van der Waals surface area contributed by atoms with Crippen LogP contribution >= 0.6 is 0 Å². The maximum atomic E-state index is 15.9. The molecule has 0 spiro atoms. The molecule has 3 aliphatic carbocycles. The Labute approximate surface area is 284 Å². The largest absolute Gasteiger partial charge is 0.413 e. The summed E-state index contributed by atoms with van der Waals surface area (Å²) in [5.41, 5.74) is -2.48. The number of ketones is 1. The number of fused-ring (bicyclic) bond motifs is 5. The fraction of sp³-hybridized carbons (Fsp3) is 0.917. The SMILES string of the molecule is CC1=C2[C@@H](O[Si](C)(C)C(C)(C)C)C(=O)[C@]3(C)[C@@H](O[Si](C)(C)C(C)(C)C)C[C@H]4OC[C@@]4(C)[C@H]3[C@H](O)[C@](O)(C[C@@H]1O[Si](C)(C)C)C2(C)C. The quantitative estimate of drug-likeness (QED) is 0.216. The highest BCUT2D eigenvalue weighted by atomic mass is 28.4. The Hall–Kier alpha value is -0.179. The van der Waals surface area contributed by atoms with Crippen LogP contribution in [0.1, 0.15) is 89.0 Å². The molecule has 0 radical (unpaired) electrons. The van der Waals surface area contributed by atoms with Crippen molar-refractivity contribution in [3.05, 3.63) is 11.1 Å². The lowest BCUT2D eigenvalue weighted by Crippen LogP contribution is -2.78. The summed E-state index contributed by atoms with van der Waals surface area (Å²) in [6, 6.07) is 0. The summed E-state index contributed by atoms with van der Waals surface area (Å²) in [6.07, 6.45) is -2.40. The van der Waals surface area contributed by atoms with Crippen molar-refractivity contribution in [1.82, 2.24) is 0 Å². The second kappa shape index (κ2) is 11.2. The molecule has 7 nitrogen and oxygen atoms in total. The van der Waals surface area contributed by atoms with Crippen LogP contribution in [0.15, 0.2) is 11.1 Å². The molecular weight excluding hydrogens is 629 g/mol. The van der Waals surface area contributed by atoms with Crippen LogP contribution < -0.4 is 0 Å². The van der Waals surface area contributed by atoms with Gasteiger partial charge in [-0.1, -0.05) is 62.3 Å². The molecule has 1 aliphatic heterocycles. The highest BCUT2D eigenvalue weighted by molar-refractivity contribution is 6.74. The molecule has 2 bridgehead atoms. The second-order valence-electron chi connectivity index (χ2n) is 20.3. The number of aliphatic hydroxyl groups excluding tert-OH is 1. The number of carbonyl (C=O) groups is 1. The van der Waals surface area contributed by atoms with Gasteiger partial charge in [-0.2, -0.15) is 0 Å². The predicted octanol–water partition coefficient (Wildman–Crippen LogP) is 7.84. The topological polar surface area (TPSA) is 94.5 Å². The van der Waals surface area contributed by atoms with E-state index in [4.69, 9.17) is 18.0 Å². The lowest BCUT2D eigenvalue weighted by Gasteiger charge is -2.69. The average molecular weight is 697 g/mol. The fourth-order valence-electron chi connectivity index (χ4n) is 8.56. The molecule has 46 heavy (non-hydrogen) atoms. The summed E-state index contributed by atoms with van der Waals surface area (Å²) in [5.74, 6) is -0.646. The van der Waals surface area contributed by atoms with Crippen molar-refractivity contribution in [3.63, 3.8) is 0 Å². The van der Waals surface area contributed by atoms with Crippen molar-refractivity contribution in [2.75, 3.05) is 6.61 Å². The van der Waals surface area contributed by atoms with Crippen LogP contribution in [0.3, 0.4) is 0 Å². The number of aliphatic hydroxyl groups is 2. The zero-order chi connectivity index (χ0) is 35.6. The van der Waals surface area contributed by atoms with Gasteiger partial charge in [0.15, 0.2) is 30.7 Å². The van der Waals surface area contributed by atoms with Crippen LogP contribution in [-0.4, -0.2) is 83.7 Å². The van der Waals surface area contributed by atoms with E-state index in [-0.39, 0.29) is 28.4 Å². The molecule has 4 rings (SSSR count). The van der Waals surface area contributed by atoms with Gasteiger partial charge < -0.3 is 28.2 Å². The number of carbonyl (C=O) groups excluding carboxylic acids is 1. The van der Waals surface area contributed by atoms with E-state index >= 15 is 4.79 Å². The molecule has 2 saturated carbocycles. The summed E-state index contributed by atoms with van der Waals surface area (Å²) in [7, 11) is -7.02. The van der Waals surface area contributed by atoms with Gasteiger partial charge in [0, 0.05) is 29.6 Å². The zero-order valence-electron chi connectivity index (χ0n) is 32.5. The van der Waals surface area contributed by atoms with Crippen molar-refractivity contribution in [1.29, 1.82) is 0 Å². The summed E-state index contributed by atoms with van der Waals surface area (Å²) in [4.78, 5) is 15.9. The predicted molar refractivity (Wildman–Crippen MR) is 193 cm³/mol. The maximum absolute atomic E-state index is 15.9. The van der Waals surface area contributed by atoms with Gasteiger partial charge in [0.1, 0.15) is 11.7 Å². The Morgan fingerprint density at radius 1 is 0.848 bits per heavy atom. The molecule has 2 N–H and O–H groups in total. The van der Waals surface area contributed by atoms with E-state index in [9.17, 15) is 10.2 Å². The molecule has 0 aromatic carbocycles. The third kappa shape index (κ3) is 5.69. The van der Waals surface area contributed by atoms with E-state index in [1.807, 2.05) is 20.8 Å². The van der Waals surface area contributed by atoms with Crippen LogP contribution in [0.5, 0.6) is 0 Å². The van der Waals surface area contributed by atoms with E-state index in [1.165, 1.54) is 0 Å². The number of Topliss-reactive ketones (excluding diaryl/α,β-unsaturated/α-hetero) is 1. The van der Waals surface area contributed by atoms with Gasteiger partial charge >= 0.3 is 0 Å². The molecule has 4 aliphatic rings. The van der Waals surface area contributed by atoms with Crippen LogP contribution in [0.4, 0.5) is 0 Å². The van der Waals surface area contributed by atoms with Crippen LogP contribution in [0.25, 0.3) is 0 Å². The van der Waals surface area contributed by atoms with Gasteiger partial charge in [-0.25, -0.2) is 0 Å². The number of hydrogen-bond donors (Lipinski definition) is 2. The Morgan fingerprint density at radius 3 is 1.78 bits per heavy atom. The summed E-state index contributed by atoms with van der Waals surface area (Å²) < 4.78 is 27.6. The Morgan fingerprint density at radius 2 is 1.35 bits per heavy atom. The first-order chi connectivity index (χ1) is 20.3. The average Bonchev–Trinajstić information content (AvgIpc) is 2.84. The lowest BCUT2D eigenvalue weighted by atomic mass is 9.42. The second-order valence-corrected chi connectivity index (χ2v) is 34.3. The smallest absolute Gasteiger partial charge is 0.193 e. The fourth-order valence-corrected chi connectivity index (χ4v) is 12.3. The third-order valence-corrected chi connectivity index (χ3v) is 23.7. The number of ether oxygens (including phenoxy) is 1. The Balaban J connectivity index is 2.09. The zero-order valence-corrected chi connectivity index (χ0v) is 35.5. The van der Waals surface area contributed by atoms with Crippen LogP contribution in [0.2, 0.25) is 55.9 Å². The van der Waals surface area contributed by atoms with Crippen molar-refractivity contribution in [2.24, 2.45) is 22.2 Å². The van der Waals surface area contributed by atoms with Gasteiger partial charge in [-0.3, -0.25) is 4.79 Å². The van der Waals surface area contributed by atoms with Gasteiger partial charge in [0.2, 0.25) is 0 Å². The first-order valence-corrected chi connectivity index (χ1v) is 26.8. The molecule has 0 amide bonds. The van der Waals surface area contributed by atoms with Crippen molar-refractivity contribution >= 4 is 30.7 Å². The van der Waals surface area contributed by atoms with Gasteiger partial charge in [-0.05, 0) is 80.9 Å². The highest BCUT2D eigenvalue weighted by Crippen LogP contribution is 2.66. The van der Waals surface area contributed by atoms with Crippen molar-refractivity contribution < 1.29 is 33.0 Å². The Kier molecular flexibility index (Phi) is 9.37. The molecule has 0 aromatic heterocycles. The van der Waals surface area contributed by atoms with Crippen LogP contribution in [-0.2, 0) is 22.8 Å². The van der Waals surface area contributed by atoms with Crippen molar-refractivity contribution in [2.45, 2.75) is 181 Å². The minimum Gasteiger partial charge on any atom is -0.413 e. The molecule has 3 fully saturated rings. The van der Waals surface area contributed by atoms with Crippen LogP contribution in [0, 0.1) is 22.2 Å². The van der Waals surface area contributed by atoms with E-state index < -0.39 is 77.1 Å². The normalized spacial score (nSPS) is 40.5. The first kappa shape index (κ1) is 38.6. The monoisotopic (exact) mass is 696 g/mol. The van der Waals surface area contributed by atoms with E-state index in [0.717, 1.165) is 11.1 Å². The first-order valence-electron chi connectivity index (χ1n) is 17.6. The van der Waals surface area contributed by atoms with Crippen molar-refractivity contribution in [3.8, 4) is 0 Å². The number of rotatable bonds is 6. The lowest BCUT2D eigenvalue weighted by molar-refractivity contribution is -0.312. The molecule has 9 atom stereocenters. The Bertz CT molecular complexity index is 1260. The number of hydrogen-bond acceptors (Lipinski definition) is 7. The van der Waals surface area contributed by atoms with E-state index in [0.29, 0.717) is 13.0 Å². The summed E-state index contributed by atoms with van der Waals surface area (Å²) in [5, 5.41) is 25.9. The maximum Gasteiger partial charge on any atom is 0.193 e. The summed E-state index contributed by atoms with van der Waals surface area (Å²) >= 11 is 0. The molecule has 0 unspecified atom stereocenters.